The quantitative estimate of drug-likeness (QED) is 0.800. The third-order valence-electron chi connectivity index (χ3n) is 3.86. The van der Waals surface area contributed by atoms with Crippen molar-refractivity contribution < 1.29 is 8.42 Å². The summed E-state index contributed by atoms with van der Waals surface area (Å²) in [5, 5.41) is 7.64. The molecular formula is C13H24N4O2S. The fraction of sp³-hybridized carbons (Fsp3) is 0.846. The van der Waals surface area contributed by atoms with Crippen molar-refractivity contribution in [2.45, 2.75) is 45.7 Å². The second-order valence-corrected chi connectivity index (χ2v) is 7.68. The molecule has 2 rings (SSSR count). The predicted octanol–water partition coefficient (Wildman–Crippen LogP) is 0.643. The van der Waals surface area contributed by atoms with Gasteiger partial charge in [0.15, 0.2) is 9.84 Å². The van der Waals surface area contributed by atoms with Crippen LogP contribution in [0.2, 0.25) is 0 Å². The maximum absolute atomic E-state index is 11.6. The van der Waals surface area contributed by atoms with Gasteiger partial charge in [0, 0.05) is 19.0 Å². The Hall–Kier alpha value is -0.950. The summed E-state index contributed by atoms with van der Waals surface area (Å²) in [7, 11) is -2.79. The predicted molar refractivity (Wildman–Crippen MR) is 78.2 cm³/mol. The van der Waals surface area contributed by atoms with Crippen LogP contribution in [0.4, 0.5) is 0 Å². The summed E-state index contributed by atoms with van der Waals surface area (Å²) < 4.78 is 25.0. The summed E-state index contributed by atoms with van der Waals surface area (Å²) in [4.78, 5) is 4.31. The molecule has 114 valence electrons. The van der Waals surface area contributed by atoms with E-state index in [4.69, 9.17) is 0 Å². The highest BCUT2D eigenvalue weighted by Crippen LogP contribution is 2.23. The largest absolute Gasteiger partial charge is 0.314 e. The molecule has 0 amide bonds. The molecule has 1 aromatic heterocycles. The molecule has 6 nitrogen and oxygen atoms in total. The highest BCUT2D eigenvalue weighted by molar-refractivity contribution is 7.91. The summed E-state index contributed by atoms with van der Waals surface area (Å²) in [6, 6.07) is 0.271. The highest BCUT2D eigenvalue weighted by Gasteiger charge is 2.30. The fourth-order valence-electron chi connectivity index (χ4n) is 2.92. The molecule has 0 saturated carbocycles. The minimum absolute atomic E-state index is 0.271. The molecule has 2 heterocycles. The van der Waals surface area contributed by atoms with E-state index in [1.807, 2.05) is 11.6 Å². The molecule has 7 heteroatoms. The number of hydrogen-bond acceptors (Lipinski definition) is 5. The normalized spacial score (nSPS) is 23.0. The van der Waals surface area contributed by atoms with Crippen molar-refractivity contribution in [1.82, 2.24) is 20.1 Å². The summed E-state index contributed by atoms with van der Waals surface area (Å²) in [5.41, 5.74) is 0. The van der Waals surface area contributed by atoms with Gasteiger partial charge in [-0.15, -0.1) is 0 Å². The number of nitrogens with one attached hydrogen (secondary N) is 1. The van der Waals surface area contributed by atoms with Crippen molar-refractivity contribution in [1.29, 1.82) is 0 Å². The lowest BCUT2D eigenvalue weighted by Gasteiger charge is -2.20. The Balaban J connectivity index is 1.97. The Morgan fingerprint density at radius 1 is 1.50 bits per heavy atom. The van der Waals surface area contributed by atoms with Gasteiger partial charge in [-0.25, -0.2) is 13.4 Å². The number of rotatable bonds is 7. The van der Waals surface area contributed by atoms with Crippen LogP contribution in [0.3, 0.4) is 0 Å². The molecule has 1 aliphatic rings. The standard InChI is InChI=1S/C13H24N4O2S/c1-3-14-12(7-11-5-6-20(18,19)9-11)8-13-15-10-16-17(13)4-2/h10-12,14H,3-9H2,1-2H3. The maximum atomic E-state index is 11.6. The SMILES string of the molecule is CCNC(Cc1ncnn1CC)CC1CCS(=O)(=O)C1. The van der Waals surface area contributed by atoms with E-state index in [1.54, 1.807) is 6.33 Å². The lowest BCUT2D eigenvalue weighted by Crippen LogP contribution is -2.34. The van der Waals surface area contributed by atoms with Crippen LogP contribution in [0, 0.1) is 5.92 Å². The Morgan fingerprint density at radius 2 is 2.30 bits per heavy atom. The number of hydrogen-bond donors (Lipinski definition) is 1. The number of likely N-dealkylation sites (N-methyl/N-ethyl adjacent to an activating group) is 1. The molecule has 1 aromatic rings. The van der Waals surface area contributed by atoms with Crippen molar-refractivity contribution in [2.24, 2.45) is 5.92 Å². The Labute approximate surface area is 120 Å². The number of nitrogens with zero attached hydrogens (tertiary/aromatic N) is 3. The molecule has 1 aliphatic heterocycles. The van der Waals surface area contributed by atoms with Gasteiger partial charge in [0.1, 0.15) is 12.2 Å². The van der Waals surface area contributed by atoms with Gasteiger partial charge < -0.3 is 5.32 Å². The van der Waals surface area contributed by atoms with E-state index >= 15 is 0 Å². The van der Waals surface area contributed by atoms with Crippen molar-refractivity contribution in [3.8, 4) is 0 Å². The topological polar surface area (TPSA) is 76.9 Å². The molecule has 0 spiro atoms. The van der Waals surface area contributed by atoms with Crippen LogP contribution in [-0.4, -0.2) is 47.3 Å². The number of aromatic nitrogens is 3. The lowest BCUT2D eigenvalue weighted by atomic mass is 9.97. The maximum Gasteiger partial charge on any atom is 0.150 e. The summed E-state index contributed by atoms with van der Waals surface area (Å²) in [6.07, 6.45) is 4.08. The van der Waals surface area contributed by atoms with Gasteiger partial charge in [-0.3, -0.25) is 4.68 Å². The molecule has 2 unspecified atom stereocenters. The summed E-state index contributed by atoms with van der Waals surface area (Å²) in [5.74, 6) is 1.94. The Bertz CT molecular complexity index is 526. The second kappa shape index (κ2) is 6.67. The van der Waals surface area contributed by atoms with E-state index in [9.17, 15) is 8.42 Å². The van der Waals surface area contributed by atoms with E-state index < -0.39 is 9.84 Å². The molecule has 1 N–H and O–H groups in total. The minimum Gasteiger partial charge on any atom is -0.314 e. The van der Waals surface area contributed by atoms with Crippen molar-refractivity contribution in [2.75, 3.05) is 18.1 Å². The molecule has 0 aliphatic carbocycles. The van der Waals surface area contributed by atoms with Crippen LogP contribution in [0.1, 0.15) is 32.5 Å². The monoisotopic (exact) mass is 300 g/mol. The molecule has 20 heavy (non-hydrogen) atoms. The molecule has 1 fully saturated rings. The lowest BCUT2D eigenvalue weighted by molar-refractivity contribution is 0.398. The zero-order chi connectivity index (χ0) is 14.6. The first-order valence-electron chi connectivity index (χ1n) is 7.34. The van der Waals surface area contributed by atoms with Gasteiger partial charge >= 0.3 is 0 Å². The van der Waals surface area contributed by atoms with Gasteiger partial charge in [0.2, 0.25) is 0 Å². The third-order valence-corrected chi connectivity index (χ3v) is 5.70. The fourth-order valence-corrected chi connectivity index (χ4v) is 4.80. The first kappa shape index (κ1) is 15.4. The van der Waals surface area contributed by atoms with Crippen molar-refractivity contribution in [3.63, 3.8) is 0 Å². The molecule has 0 bridgehead atoms. The van der Waals surface area contributed by atoms with Crippen LogP contribution in [0.15, 0.2) is 6.33 Å². The van der Waals surface area contributed by atoms with Crippen LogP contribution in [-0.2, 0) is 22.8 Å². The van der Waals surface area contributed by atoms with Gasteiger partial charge in [-0.1, -0.05) is 6.92 Å². The smallest absolute Gasteiger partial charge is 0.150 e. The third kappa shape index (κ3) is 4.02. The molecular weight excluding hydrogens is 276 g/mol. The second-order valence-electron chi connectivity index (χ2n) is 5.46. The van der Waals surface area contributed by atoms with Crippen molar-refractivity contribution >= 4 is 9.84 Å². The van der Waals surface area contributed by atoms with Gasteiger partial charge in [-0.05, 0) is 32.2 Å². The molecule has 2 atom stereocenters. The van der Waals surface area contributed by atoms with Gasteiger partial charge in [0.25, 0.3) is 0 Å². The van der Waals surface area contributed by atoms with E-state index in [-0.39, 0.29) is 12.0 Å². The van der Waals surface area contributed by atoms with Crippen LogP contribution in [0.5, 0.6) is 0 Å². The average molecular weight is 300 g/mol. The first-order valence-corrected chi connectivity index (χ1v) is 9.16. The van der Waals surface area contributed by atoms with Crippen molar-refractivity contribution in [3.05, 3.63) is 12.2 Å². The minimum atomic E-state index is -2.79. The summed E-state index contributed by atoms with van der Waals surface area (Å²) in [6.45, 7) is 5.81. The molecule has 1 saturated heterocycles. The van der Waals surface area contributed by atoms with E-state index in [0.29, 0.717) is 11.5 Å². The van der Waals surface area contributed by atoms with Crippen LogP contribution in [0.25, 0.3) is 0 Å². The highest BCUT2D eigenvalue weighted by atomic mass is 32.2. The van der Waals surface area contributed by atoms with Crippen LogP contribution < -0.4 is 5.32 Å². The number of aryl methyl sites for hydroxylation is 1. The Kier molecular flexibility index (Phi) is 5.15. The van der Waals surface area contributed by atoms with E-state index in [1.165, 1.54) is 0 Å². The Morgan fingerprint density at radius 3 is 2.90 bits per heavy atom. The van der Waals surface area contributed by atoms with Gasteiger partial charge in [-0.2, -0.15) is 5.10 Å². The van der Waals surface area contributed by atoms with E-state index in [2.05, 4.69) is 22.3 Å². The first-order chi connectivity index (χ1) is 9.54. The summed E-state index contributed by atoms with van der Waals surface area (Å²) >= 11 is 0. The zero-order valence-electron chi connectivity index (χ0n) is 12.2. The number of sulfone groups is 1. The average Bonchev–Trinajstić information content (AvgIpc) is 2.96. The van der Waals surface area contributed by atoms with Crippen LogP contribution >= 0.6 is 0 Å². The molecule has 0 aromatic carbocycles. The zero-order valence-corrected chi connectivity index (χ0v) is 13.1. The van der Waals surface area contributed by atoms with Gasteiger partial charge in [0.05, 0.1) is 11.5 Å². The molecule has 0 radical (unpaired) electrons. The van der Waals surface area contributed by atoms with E-state index in [0.717, 1.165) is 38.2 Å².